The van der Waals surface area contributed by atoms with Gasteiger partial charge in [0.15, 0.2) is 0 Å². The Balaban J connectivity index is 1.67. The first-order chi connectivity index (χ1) is 12.8. The lowest BCUT2D eigenvalue weighted by atomic mass is 9.88. The predicted molar refractivity (Wildman–Crippen MR) is 108 cm³/mol. The number of piperazine rings is 1. The Bertz CT molecular complexity index is 657. The second-order valence-electron chi connectivity index (χ2n) is 7.78. The molecule has 1 amide bonds. The summed E-state index contributed by atoms with van der Waals surface area (Å²) in [6, 6.07) is 7.97. The molecule has 0 atom stereocenters. The fraction of sp³-hybridized carbons (Fsp3) is 0.545. The van der Waals surface area contributed by atoms with Crippen LogP contribution in [-0.4, -0.2) is 61.0 Å². The van der Waals surface area contributed by atoms with Crippen LogP contribution in [0.25, 0.3) is 6.08 Å². The molecule has 5 nitrogen and oxygen atoms in total. The van der Waals surface area contributed by atoms with E-state index >= 15 is 0 Å². The standard InChI is InChI=1S/C22H32N2O3/c1-5-22(3,4)21(26)24-14-12-23(13-15-24)16-17-27-20(25)11-10-19-8-6-18(2)7-9-19/h6-11H,5,12-17H2,1-4H3/b11-10+. The lowest BCUT2D eigenvalue weighted by Gasteiger charge is -2.38. The Morgan fingerprint density at radius 1 is 1.11 bits per heavy atom. The summed E-state index contributed by atoms with van der Waals surface area (Å²) in [5.41, 5.74) is 1.88. The minimum atomic E-state index is -0.325. The van der Waals surface area contributed by atoms with Gasteiger partial charge in [-0.15, -0.1) is 0 Å². The summed E-state index contributed by atoms with van der Waals surface area (Å²) in [6.07, 6.45) is 4.08. The van der Waals surface area contributed by atoms with E-state index in [1.807, 2.05) is 49.9 Å². The van der Waals surface area contributed by atoms with Crippen LogP contribution in [0.4, 0.5) is 0 Å². The molecule has 0 radical (unpaired) electrons. The second-order valence-corrected chi connectivity index (χ2v) is 7.78. The van der Waals surface area contributed by atoms with Crippen LogP contribution in [0.2, 0.25) is 0 Å². The molecule has 0 unspecified atom stereocenters. The third-order valence-electron chi connectivity index (χ3n) is 5.26. The summed E-state index contributed by atoms with van der Waals surface area (Å²) >= 11 is 0. The molecule has 1 aliphatic rings. The molecular weight excluding hydrogens is 340 g/mol. The largest absolute Gasteiger partial charge is 0.461 e. The van der Waals surface area contributed by atoms with Gasteiger partial charge in [-0.25, -0.2) is 4.79 Å². The maximum atomic E-state index is 12.5. The van der Waals surface area contributed by atoms with Gasteiger partial charge in [-0.1, -0.05) is 50.6 Å². The van der Waals surface area contributed by atoms with Crippen molar-refractivity contribution < 1.29 is 14.3 Å². The number of esters is 1. The van der Waals surface area contributed by atoms with Crippen LogP contribution in [0, 0.1) is 12.3 Å². The lowest BCUT2D eigenvalue weighted by Crippen LogP contribution is -2.52. The summed E-state index contributed by atoms with van der Waals surface area (Å²) in [5.74, 6) is -0.0913. The average molecular weight is 373 g/mol. The maximum absolute atomic E-state index is 12.5. The van der Waals surface area contributed by atoms with Crippen LogP contribution in [0.15, 0.2) is 30.3 Å². The van der Waals surface area contributed by atoms with Crippen LogP contribution in [0.1, 0.15) is 38.3 Å². The van der Waals surface area contributed by atoms with Gasteiger partial charge in [0.1, 0.15) is 6.61 Å². The minimum absolute atomic E-state index is 0.234. The molecule has 1 aromatic rings. The van der Waals surface area contributed by atoms with Crippen molar-refractivity contribution in [3.8, 4) is 0 Å². The van der Waals surface area contributed by atoms with E-state index in [2.05, 4.69) is 11.8 Å². The van der Waals surface area contributed by atoms with Crippen molar-refractivity contribution in [1.29, 1.82) is 0 Å². The van der Waals surface area contributed by atoms with E-state index in [1.54, 1.807) is 6.08 Å². The van der Waals surface area contributed by atoms with Gasteiger partial charge in [-0.05, 0) is 25.0 Å². The molecule has 0 N–H and O–H groups in total. The normalized spacial score (nSPS) is 15.9. The number of nitrogens with zero attached hydrogens (tertiary/aromatic N) is 2. The maximum Gasteiger partial charge on any atom is 0.330 e. The zero-order chi connectivity index (χ0) is 19.9. The number of rotatable bonds is 7. The Morgan fingerprint density at radius 3 is 2.33 bits per heavy atom. The third kappa shape index (κ3) is 6.51. The van der Waals surface area contributed by atoms with E-state index in [1.165, 1.54) is 11.6 Å². The molecule has 1 aromatic carbocycles. The zero-order valence-electron chi connectivity index (χ0n) is 17.0. The van der Waals surface area contributed by atoms with Crippen molar-refractivity contribution in [2.24, 2.45) is 5.41 Å². The Morgan fingerprint density at radius 2 is 1.74 bits per heavy atom. The fourth-order valence-electron chi connectivity index (χ4n) is 2.92. The van der Waals surface area contributed by atoms with Gasteiger partial charge in [0.05, 0.1) is 0 Å². The highest BCUT2D eigenvalue weighted by Crippen LogP contribution is 2.23. The van der Waals surface area contributed by atoms with Gasteiger partial charge in [0, 0.05) is 44.2 Å². The van der Waals surface area contributed by atoms with Gasteiger partial charge < -0.3 is 9.64 Å². The molecule has 0 saturated carbocycles. The van der Waals surface area contributed by atoms with E-state index in [0.717, 1.165) is 38.2 Å². The first-order valence-electron chi connectivity index (χ1n) is 9.75. The number of carbonyl (C=O) groups is 2. The second kappa shape index (κ2) is 9.70. The van der Waals surface area contributed by atoms with Crippen LogP contribution in [-0.2, 0) is 14.3 Å². The topological polar surface area (TPSA) is 49.9 Å². The van der Waals surface area contributed by atoms with Crippen molar-refractivity contribution in [3.05, 3.63) is 41.5 Å². The van der Waals surface area contributed by atoms with E-state index in [9.17, 15) is 9.59 Å². The minimum Gasteiger partial charge on any atom is -0.461 e. The molecule has 5 heteroatoms. The molecule has 0 aromatic heterocycles. The molecule has 1 heterocycles. The highest BCUT2D eigenvalue weighted by atomic mass is 16.5. The Kier molecular flexibility index (Phi) is 7.60. The SMILES string of the molecule is CCC(C)(C)C(=O)N1CCN(CCOC(=O)/C=C/c2ccc(C)cc2)CC1. The third-order valence-corrected chi connectivity index (χ3v) is 5.26. The van der Waals surface area contributed by atoms with E-state index in [4.69, 9.17) is 4.74 Å². The van der Waals surface area contributed by atoms with Crippen LogP contribution < -0.4 is 0 Å². The monoisotopic (exact) mass is 372 g/mol. The molecule has 148 valence electrons. The number of benzene rings is 1. The zero-order valence-corrected chi connectivity index (χ0v) is 17.0. The molecule has 1 fully saturated rings. The number of hydrogen-bond donors (Lipinski definition) is 0. The van der Waals surface area contributed by atoms with Crippen LogP contribution in [0.5, 0.6) is 0 Å². The molecule has 2 rings (SSSR count). The van der Waals surface area contributed by atoms with Gasteiger partial charge >= 0.3 is 5.97 Å². The van der Waals surface area contributed by atoms with E-state index < -0.39 is 0 Å². The average Bonchev–Trinajstić information content (AvgIpc) is 2.67. The number of hydrogen-bond acceptors (Lipinski definition) is 4. The molecule has 1 saturated heterocycles. The number of amides is 1. The van der Waals surface area contributed by atoms with Gasteiger partial charge in [0.2, 0.25) is 5.91 Å². The highest BCUT2D eigenvalue weighted by molar-refractivity contribution is 5.87. The van der Waals surface area contributed by atoms with E-state index in [0.29, 0.717) is 13.2 Å². The first kappa shape index (κ1) is 21.2. The number of aryl methyl sites for hydroxylation is 1. The predicted octanol–water partition coefficient (Wildman–Crippen LogP) is 3.13. The smallest absolute Gasteiger partial charge is 0.330 e. The summed E-state index contributed by atoms with van der Waals surface area (Å²) in [7, 11) is 0. The van der Waals surface area contributed by atoms with Crippen molar-refractivity contribution in [1.82, 2.24) is 9.80 Å². The van der Waals surface area contributed by atoms with Gasteiger partial charge in [-0.2, -0.15) is 0 Å². The van der Waals surface area contributed by atoms with Crippen molar-refractivity contribution in [3.63, 3.8) is 0 Å². The van der Waals surface area contributed by atoms with Crippen LogP contribution >= 0.6 is 0 Å². The molecule has 27 heavy (non-hydrogen) atoms. The summed E-state index contributed by atoms with van der Waals surface area (Å²) in [5, 5.41) is 0. The quantitative estimate of drug-likeness (QED) is 0.545. The highest BCUT2D eigenvalue weighted by Gasteiger charge is 2.31. The van der Waals surface area contributed by atoms with E-state index in [-0.39, 0.29) is 17.3 Å². The molecular formula is C22H32N2O3. The number of ether oxygens (including phenoxy) is 1. The molecule has 0 aliphatic carbocycles. The molecule has 1 aliphatic heterocycles. The lowest BCUT2D eigenvalue weighted by molar-refractivity contribution is -0.142. The molecule has 0 spiro atoms. The Labute approximate surface area is 163 Å². The Hall–Kier alpha value is -2.14. The van der Waals surface area contributed by atoms with Crippen molar-refractivity contribution >= 4 is 18.0 Å². The summed E-state index contributed by atoms with van der Waals surface area (Å²) in [6.45, 7) is 12.3. The van der Waals surface area contributed by atoms with Gasteiger partial charge in [0.25, 0.3) is 0 Å². The van der Waals surface area contributed by atoms with Crippen molar-refractivity contribution in [2.75, 3.05) is 39.3 Å². The van der Waals surface area contributed by atoms with Gasteiger partial charge in [-0.3, -0.25) is 9.69 Å². The van der Waals surface area contributed by atoms with Crippen molar-refractivity contribution in [2.45, 2.75) is 34.1 Å². The fourth-order valence-corrected chi connectivity index (χ4v) is 2.92. The summed E-state index contributed by atoms with van der Waals surface area (Å²) in [4.78, 5) is 28.5. The molecule has 0 bridgehead atoms. The number of carbonyl (C=O) groups excluding carboxylic acids is 2. The summed E-state index contributed by atoms with van der Waals surface area (Å²) < 4.78 is 5.29. The van der Waals surface area contributed by atoms with Crippen LogP contribution in [0.3, 0.4) is 0 Å². The first-order valence-corrected chi connectivity index (χ1v) is 9.75.